The molecule has 0 radical (unpaired) electrons. The number of para-hydroxylation sites is 1. The van der Waals surface area contributed by atoms with Crippen molar-refractivity contribution in [3.8, 4) is 0 Å². The van der Waals surface area contributed by atoms with Gasteiger partial charge in [0.25, 0.3) is 0 Å². The van der Waals surface area contributed by atoms with Crippen molar-refractivity contribution in [2.75, 3.05) is 6.54 Å². The van der Waals surface area contributed by atoms with Gasteiger partial charge in [0, 0.05) is 27.5 Å². The van der Waals surface area contributed by atoms with Gasteiger partial charge in [-0.25, -0.2) is 4.99 Å². The third-order valence-corrected chi connectivity index (χ3v) is 4.56. The lowest BCUT2D eigenvalue weighted by Crippen LogP contribution is -2.36. The average molecular weight is 454 g/mol. The molecule has 0 aliphatic heterocycles. The molecule has 3 aromatic rings. The van der Waals surface area contributed by atoms with Gasteiger partial charge in [0.2, 0.25) is 0 Å². The standard InChI is InChI=1S/C18H22N4S.HI/c1-3-19-18(21-12-16-9-8-13(2)23-16)20-11-15-10-14-6-4-5-7-17(14)22-15;/h4-10,22H,3,11-12H2,1-2H3,(H2,19,20,21);1H. The number of thiophene rings is 1. The van der Waals surface area contributed by atoms with E-state index in [1.807, 2.05) is 17.4 Å². The largest absolute Gasteiger partial charge is 0.357 e. The maximum absolute atomic E-state index is 4.67. The van der Waals surface area contributed by atoms with Gasteiger partial charge in [-0.2, -0.15) is 0 Å². The van der Waals surface area contributed by atoms with Crippen molar-refractivity contribution in [1.29, 1.82) is 0 Å². The summed E-state index contributed by atoms with van der Waals surface area (Å²) in [5.41, 5.74) is 2.28. The highest BCUT2D eigenvalue weighted by Crippen LogP contribution is 2.16. The number of aryl methyl sites for hydroxylation is 1. The van der Waals surface area contributed by atoms with Crippen molar-refractivity contribution in [1.82, 2.24) is 15.6 Å². The third kappa shape index (κ3) is 4.98. The number of hydrogen-bond donors (Lipinski definition) is 3. The fourth-order valence-corrected chi connectivity index (χ4v) is 3.31. The van der Waals surface area contributed by atoms with Crippen molar-refractivity contribution < 1.29 is 0 Å². The summed E-state index contributed by atoms with van der Waals surface area (Å²) in [6, 6.07) is 14.8. The summed E-state index contributed by atoms with van der Waals surface area (Å²) in [5, 5.41) is 7.91. The molecular formula is C18H23IN4S. The van der Waals surface area contributed by atoms with Crippen molar-refractivity contribution >= 4 is 52.2 Å². The Morgan fingerprint density at radius 2 is 2.00 bits per heavy atom. The first kappa shape index (κ1) is 18.8. The summed E-state index contributed by atoms with van der Waals surface area (Å²) < 4.78 is 0. The van der Waals surface area contributed by atoms with Gasteiger partial charge in [-0.1, -0.05) is 18.2 Å². The number of benzene rings is 1. The smallest absolute Gasteiger partial charge is 0.191 e. The summed E-state index contributed by atoms with van der Waals surface area (Å²) in [6.45, 7) is 6.49. The van der Waals surface area contributed by atoms with Crippen LogP contribution in [0.2, 0.25) is 0 Å². The lowest BCUT2D eigenvalue weighted by atomic mass is 10.2. The number of fused-ring (bicyclic) bond motifs is 1. The van der Waals surface area contributed by atoms with E-state index in [9.17, 15) is 0 Å². The molecule has 0 saturated carbocycles. The van der Waals surface area contributed by atoms with E-state index < -0.39 is 0 Å². The molecule has 0 spiro atoms. The van der Waals surface area contributed by atoms with Gasteiger partial charge < -0.3 is 15.6 Å². The minimum Gasteiger partial charge on any atom is -0.357 e. The van der Waals surface area contributed by atoms with Crippen molar-refractivity contribution in [3.05, 3.63) is 57.9 Å². The highest BCUT2D eigenvalue weighted by atomic mass is 127. The molecule has 0 atom stereocenters. The van der Waals surface area contributed by atoms with Crippen LogP contribution in [0.1, 0.15) is 22.4 Å². The Labute approximate surface area is 163 Å². The number of aromatic nitrogens is 1. The van der Waals surface area contributed by atoms with Crippen molar-refractivity contribution in [2.24, 2.45) is 4.99 Å². The summed E-state index contributed by atoms with van der Waals surface area (Å²) in [7, 11) is 0. The zero-order chi connectivity index (χ0) is 16.1. The van der Waals surface area contributed by atoms with Gasteiger partial charge in [-0.15, -0.1) is 35.3 Å². The molecule has 24 heavy (non-hydrogen) atoms. The normalized spacial score (nSPS) is 11.3. The van der Waals surface area contributed by atoms with Crippen LogP contribution in [0.5, 0.6) is 0 Å². The van der Waals surface area contributed by atoms with Crippen LogP contribution in [-0.2, 0) is 13.1 Å². The zero-order valence-electron chi connectivity index (χ0n) is 13.9. The SMILES string of the molecule is CCNC(=NCc1cc2ccccc2[nH]1)NCc1ccc(C)s1.I. The summed E-state index contributed by atoms with van der Waals surface area (Å²) in [4.78, 5) is 10.7. The second-order valence-corrected chi connectivity index (χ2v) is 6.82. The van der Waals surface area contributed by atoms with Crippen LogP contribution >= 0.6 is 35.3 Å². The van der Waals surface area contributed by atoms with Crippen LogP contribution in [-0.4, -0.2) is 17.5 Å². The molecule has 2 heterocycles. The van der Waals surface area contributed by atoms with Gasteiger partial charge in [0.15, 0.2) is 5.96 Å². The molecule has 0 aliphatic rings. The zero-order valence-corrected chi connectivity index (χ0v) is 17.1. The second-order valence-electron chi connectivity index (χ2n) is 5.44. The molecule has 0 aliphatic carbocycles. The number of aliphatic imine (C=N–C) groups is 1. The first-order valence-electron chi connectivity index (χ1n) is 7.88. The molecule has 0 fully saturated rings. The van der Waals surface area contributed by atoms with Gasteiger partial charge in [0.1, 0.15) is 0 Å². The molecule has 3 N–H and O–H groups in total. The molecule has 0 unspecified atom stereocenters. The first-order valence-corrected chi connectivity index (χ1v) is 8.70. The summed E-state index contributed by atoms with van der Waals surface area (Å²) in [5.74, 6) is 0.845. The first-order chi connectivity index (χ1) is 11.2. The highest BCUT2D eigenvalue weighted by molar-refractivity contribution is 14.0. The maximum atomic E-state index is 4.67. The van der Waals surface area contributed by atoms with Crippen LogP contribution in [0.15, 0.2) is 47.5 Å². The lowest BCUT2D eigenvalue weighted by Gasteiger charge is -2.10. The molecular weight excluding hydrogens is 431 g/mol. The van der Waals surface area contributed by atoms with Crippen LogP contribution in [0.4, 0.5) is 0 Å². The summed E-state index contributed by atoms with van der Waals surface area (Å²) in [6.07, 6.45) is 0. The average Bonchev–Trinajstić information content (AvgIpc) is 3.15. The minimum absolute atomic E-state index is 0. The molecule has 2 aromatic heterocycles. The third-order valence-electron chi connectivity index (χ3n) is 3.56. The summed E-state index contributed by atoms with van der Waals surface area (Å²) >= 11 is 1.81. The Balaban J connectivity index is 0.00000208. The number of nitrogens with zero attached hydrogens (tertiary/aromatic N) is 1. The van der Waals surface area contributed by atoms with Crippen LogP contribution in [0, 0.1) is 6.92 Å². The topological polar surface area (TPSA) is 52.2 Å². The quantitative estimate of drug-likeness (QED) is 0.304. The van der Waals surface area contributed by atoms with Gasteiger partial charge in [-0.3, -0.25) is 0 Å². The fourth-order valence-electron chi connectivity index (χ4n) is 2.48. The molecule has 4 nitrogen and oxygen atoms in total. The molecule has 0 bridgehead atoms. The van der Waals surface area contributed by atoms with Crippen LogP contribution in [0.3, 0.4) is 0 Å². The molecule has 0 saturated heterocycles. The molecule has 6 heteroatoms. The number of halogens is 1. The Morgan fingerprint density at radius 1 is 1.17 bits per heavy atom. The Morgan fingerprint density at radius 3 is 2.71 bits per heavy atom. The number of guanidine groups is 1. The number of aromatic amines is 1. The van der Waals surface area contributed by atoms with Gasteiger partial charge >= 0.3 is 0 Å². The number of rotatable bonds is 5. The minimum atomic E-state index is 0. The predicted molar refractivity (Wildman–Crippen MR) is 114 cm³/mol. The van der Waals surface area contributed by atoms with E-state index in [0.29, 0.717) is 6.54 Å². The Kier molecular flexibility index (Phi) is 7.11. The Hall–Kier alpha value is -1.54. The van der Waals surface area contributed by atoms with E-state index in [4.69, 9.17) is 0 Å². The van der Waals surface area contributed by atoms with Crippen molar-refractivity contribution in [2.45, 2.75) is 26.9 Å². The maximum Gasteiger partial charge on any atom is 0.191 e. The molecule has 128 valence electrons. The molecule has 3 rings (SSSR count). The fraction of sp³-hybridized carbons (Fsp3) is 0.278. The van der Waals surface area contributed by atoms with Crippen LogP contribution in [0.25, 0.3) is 10.9 Å². The van der Waals surface area contributed by atoms with E-state index in [-0.39, 0.29) is 24.0 Å². The highest BCUT2D eigenvalue weighted by Gasteiger charge is 2.02. The van der Waals surface area contributed by atoms with Gasteiger partial charge in [0.05, 0.1) is 13.1 Å². The second kappa shape index (κ2) is 9.08. The lowest BCUT2D eigenvalue weighted by molar-refractivity contribution is 0.820. The molecule has 0 amide bonds. The van der Waals surface area contributed by atoms with E-state index in [0.717, 1.165) is 30.3 Å². The van der Waals surface area contributed by atoms with Crippen molar-refractivity contribution in [3.63, 3.8) is 0 Å². The number of hydrogen-bond acceptors (Lipinski definition) is 2. The van der Waals surface area contributed by atoms with Crippen LogP contribution < -0.4 is 10.6 Å². The monoisotopic (exact) mass is 454 g/mol. The van der Waals surface area contributed by atoms with E-state index in [1.54, 1.807) is 0 Å². The number of nitrogens with one attached hydrogen (secondary N) is 3. The Bertz CT molecular complexity index is 773. The van der Waals surface area contributed by atoms with E-state index >= 15 is 0 Å². The van der Waals surface area contributed by atoms with Gasteiger partial charge in [-0.05, 0) is 43.5 Å². The van der Waals surface area contributed by atoms with E-state index in [2.05, 4.69) is 70.9 Å². The number of H-pyrrole nitrogens is 1. The predicted octanol–water partition coefficient (Wildman–Crippen LogP) is 4.41. The molecule has 1 aromatic carbocycles. The van der Waals surface area contributed by atoms with E-state index in [1.165, 1.54) is 15.1 Å².